The van der Waals surface area contributed by atoms with Crippen LogP contribution in [0, 0.1) is 12.3 Å². The maximum atomic E-state index is 13.4. The molecule has 3 N–H and O–H groups in total. The number of aliphatic carboxylic acids is 1. The number of nitrogens with zero attached hydrogens (tertiary/aromatic N) is 6. The minimum absolute atomic E-state index is 0.303. The van der Waals surface area contributed by atoms with Gasteiger partial charge in [-0.25, -0.2) is 9.97 Å². The summed E-state index contributed by atoms with van der Waals surface area (Å²) in [6.45, 7) is 7.37. The Hall–Kier alpha value is -4.84. The van der Waals surface area contributed by atoms with Crippen LogP contribution in [0.3, 0.4) is 0 Å². The smallest absolute Gasteiger partial charge is 0.310 e. The van der Waals surface area contributed by atoms with Crippen molar-refractivity contribution in [1.29, 1.82) is 0 Å². The van der Waals surface area contributed by atoms with Gasteiger partial charge in [0.15, 0.2) is 11.6 Å². The molecule has 1 fully saturated rings. The molecule has 0 radical (unpaired) electrons. The van der Waals surface area contributed by atoms with Crippen molar-refractivity contribution in [3.63, 3.8) is 0 Å². The lowest BCUT2D eigenvalue weighted by Crippen LogP contribution is -2.31. The summed E-state index contributed by atoms with van der Waals surface area (Å²) in [4.78, 5) is 43.5. The highest BCUT2D eigenvalue weighted by molar-refractivity contribution is 6.36. The normalized spacial score (nSPS) is 18.1. The summed E-state index contributed by atoms with van der Waals surface area (Å²) >= 11 is 6.98. The van der Waals surface area contributed by atoms with Crippen molar-refractivity contribution in [2.24, 2.45) is 12.5 Å². The third-order valence-electron chi connectivity index (χ3n) is 9.90. The first-order chi connectivity index (χ1) is 23.5. The van der Waals surface area contributed by atoms with Crippen LogP contribution >= 0.6 is 11.6 Å². The number of carbonyl (C=O) groups is 2. The molecule has 1 amide bonds. The van der Waals surface area contributed by atoms with Crippen molar-refractivity contribution in [2.45, 2.75) is 39.8 Å². The van der Waals surface area contributed by atoms with Gasteiger partial charge in [-0.05, 0) is 74.8 Å². The van der Waals surface area contributed by atoms with Crippen molar-refractivity contribution in [2.75, 3.05) is 37.3 Å². The molecule has 0 bridgehead atoms. The van der Waals surface area contributed by atoms with E-state index < -0.39 is 11.4 Å². The molecule has 1 atom stereocenters. The van der Waals surface area contributed by atoms with E-state index in [1.807, 2.05) is 68.1 Å². The van der Waals surface area contributed by atoms with Gasteiger partial charge in [0, 0.05) is 74.4 Å². The van der Waals surface area contributed by atoms with Crippen molar-refractivity contribution in [3.05, 3.63) is 94.3 Å². The van der Waals surface area contributed by atoms with E-state index in [4.69, 9.17) is 16.6 Å². The summed E-state index contributed by atoms with van der Waals surface area (Å²) in [6.07, 6.45) is 5.08. The molecule has 2 aromatic carbocycles. The predicted octanol–water partition coefficient (Wildman–Crippen LogP) is 6.27. The quantitative estimate of drug-likeness (QED) is 0.174. The van der Waals surface area contributed by atoms with E-state index in [-0.39, 0.29) is 5.91 Å². The summed E-state index contributed by atoms with van der Waals surface area (Å²) in [6, 6.07) is 15.6. The Kier molecular flexibility index (Phi) is 8.60. The second-order valence-electron chi connectivity index (χ2n) is 13.5. The van der Waals surface area contributed by atoms with Gasteiger partial charge in [-0.3, -0.25) is 19.5 Å². The molecule has 7 rings (SSSR count). The number of likely N-dealkylation sites (N-methyl/N-ethyl adjacent to an activating group) is 1. The molecule has 5 heterocycles. The molecule has 12 heteroatoms. The van der Waals surface area contributed by atoms with Crippen LogP contribution < -0.4 is 10.6 Å². The number of carbonyl (C=O) groups excluding carboxylic acids is 1. The molecule has 11 nitrogen and oxygen atoms in total. The number of imidazole rings is 1. The summed E-state index contributed by atoms with van der Waals surface area (Å²) in [7, 11) is 3.94. The molecule has 1 unspecified atom stereocenters. The van der Waals surface area contributed by atoms with Gasteiger partial charge >= 0.3 is 5.97 Å². The lowest BCUT2D eigenvalue weighted by Gasteiger charge is -2.21. The van der Waals surface area contributed by atoms with E-state index in [1.165, 1.54) is 0 Å². The van der Waals surface area contributed by atoms with E-state index in [2.05, 4.69) is 43.5 Å². The number of nitrogens with one attached hydrogen (secondary N) is 2. The van der Waals surface area contributed by atoms with Crippen LogP contribution in [0.1, 0.15) is 46.5 Å². The number of benzene rings is 2. The van der Waals surface area contributed by atoms with Gasteiger partial charge in [0.1, 0.15) is 5.52 Å². The molecule has 0 aliphatic carbocycles. The third kappa shape index (κ3) is 6.25. The van der Waals surface area contributed by atoms with Gasteiger partial charge in [-0.15, -0.1) is 0 Å². The van der Waals surface area contributed by atoms with Gasteiger partial charge in [0.2, 0.25) is 0 Å². The van der Waals surface area contributed by atoms with Crippen LogP contribution in [0.4, 0.5) is 17.2 Å². The first kappa shape index (κ1) is 32.7. The Labute approximate surface area is 289 Å². The van der Waals surface area contributed by atoms with E-state index in [1.54, 1.807) is 12.3 Å². The third-order valence-corrected chi connectivity index (χ3v) is 10.3. The number of carboxylic acid groups (broad SMARTS) is 1. The van der Waals surface area contributed by atoms with Crippen LogP contribution in [0.5, 0.6) is 0 Å². The minimum Gasteiger partial charge on any atom is -0.481 e. The Balaban J connectivity index is 1.11. The summed E-state index contributed by atoms with van der Waals surface area (Å²) in [5, 5.41) is 17.5. The molecule has 5 aromatic rings. The zero-order valence-corrected chi connectivity index (χ0v) is 28.8. The lowest BCUT2D eigenvalue weighted by molar-refractivity contribution is -0.147. The number of hydrogen-bond donors (Lipinski definition) is 3. The average Bonchev–Trinajstić information content (AvgIpc) is 3.62. The number of aromatic nitrogens is 4. The number of carboxylic acids is 1. The summed E-state index contributed by atoms with van der Waals surface area (Å²) in [5.74, 6) is -0.0614. The standard InChI is InChI=1S/C37H39ClN8O3/c1-22-25(26-8-6-10-28(31(26)38)43-35(47)34-42-29-20-44(3)15-12-30(29)45(34)4)7-5-9-27(22)41-33-32-24(11-14-39-33)17-23(18-40-32)19-46-16-13-37(2,21-46)36(48)49/h5-11,14,17-18H,12-13,15-16,19-21H2,1-4H3,(H,39,41)(H,43,47)(H,48,49). The monoisotopic (exact) mass is 678 g/mol. The lowest BCUT2D eigenvalue weighted by atomic mass is 9.90. The maximum Gasteiger partial charge on any atom is 0.310 e. The van der Waals surface area contributed by atoms with Crippen LogP contribution in [-0.2, 0) is 31.4 Å². The SMILES string of the molecule is Cc1c(Nc2nccc3cc(CN4CCC(C)(C(=O)O)C4)cnc23)cccc1-c1cccc(NC(=O)c2nc3c(n2C)CCN(C)C3)c1Cl. The number of anilines is 3. The van der Waals surface area contributed by atoms with Crippen molar-refractivity contribution < 1.29 is 14.7 Å². The Morgan fingerprint density at radius 2 is 1.82 bits per heavy atom. The van der Waals surface area contributed by atoms with Crippen LogP contribution in [0.15, 0.2) is 60.9 Å². The van der Waals surface area contributed by atoms with E-state index in [0.717, 1.165) is 76.3 Å². The number of amides is 1. The fourth-order valence-corrected chi connectivity index (χ4v) is 7.25. The Morgan fingerprint density at radius 3 is 2.59 bits per heavy atom. The second kappa shape index (κ2) is 12.9. The van der Waals surface area contributed by atoms with E-state index >= 15 is 0 Å². The fourth-order valence-electron chi connectivity index (χ4n) is 6.97. The molecule has 49 heavy (non-hydrogen) atoms. The number of hydrogen-bond acceptors (Lipinski definition) is 8. The van der Waals surface area contributed by atoms with Gasteiger partial charge in [0.05, 0.1) is 21.8 Å². The average molecular weight is 679 g/mol. The molecule has 3 aromatic heterocycles. The van der Waals surface area contributed by atoms with Gasteiger partial charge in [0.25, 0.3) is 5.91 Å². The van der Waals surface area contributed by atoms with Crippen LogP contribution in [-0.4, -0.2) is 73.0 Å². The summed E-state index contributed by atoms with van der Waals surface area (Å²) < 4.78 is 1.88. The number of rotatable bonds is 8. The number of likely N-dealkylation sites (tertiary alicyclic amines) is 1. The first-order valence-corrected chi connectivity index (χ1v) is 16.8. The fraction of sp³-hybridized carbons (Fsp3) is 0.324. The Morgan fingerprint density at radius 1 is 1.04 bits per heavy atom. The first-order valence-electron chi connectivity index (χ1n) is 16.4. The van der Waals surface area contributed by atoms with Crippen molar-refractivity contribution in [3.8, 4) is 11.1 Å². The van der Waals surface area contributed by atoms with E-state index in [0.29, 0.717) is 41.9 Å². The highest BCUT2D eigenvalue weighted by atomic mass is 35.5. The van der Waals surface area contributed by atoms with Gasteiger partial charge in [-0.1, -0.05) is 35.9 Å². The number of halogens is 1. The molecule has 2 aliphatic rings. The van der Waals surface area contributed by atoms with Crippen molar-refractivity contribution >= 4 is 51.6 Å². The highest BCUT2D eigenvalue weighted by Crippen LogP contribution is 2.39. The zero-order valence-electron chi connectivity index (χ0n) is 28.0. The minimum atomic E-state index is -0.749. The molecular formula is C37H39ClN8O3. The second-order valence-corrected chi connectivity index (χ2v) is 13.9. The molecular weight excluding hydrogens is 640 g/mol. The van der Waals surface area contributed by atoms with Crippen LogP contribution in [0.25, 0.3) is 22.0 Å². The molecule has 0 saturated carbocycles. The van der Waals surface area contributed by atoms with Gasteiger partial charge in [-0.2, -0.15) is 0 Å². The topological polar surface area (TPSA) is 129 Å². The zero-order chi connectivity index (χ0) is 34.4. The largest absolute Gasteiger partial charge is 0.481 e. The highest BCUT2D eigenvalue weighted by Gasteiger charge is 2.40. The number of fused-ring (bicyclic) bond motifs is 2. The van der Waals surface area contributed by atoms with Gasteiger partial charge < -0.3 is 25.2 Å². The molecule has 1 saturated heterocycles. The number of pyridine rings is 2. The van der Waals surface area contributed by atoms with Crippen LogP contribution in [0.2, 0.25) is 5.02 Å². The molecule has 252 valence electrons. The maximum absolute atomic E-state index is 13.4. The molecule has 2 aliphatic heterocycles. The molecule has 0 spiro atoms. The van der Waals surface area contributed by atoms with Crippen molar-refractivity contribution in [1.82, 2.24) is 29.3 Å². The Bertz CT molecular complexity index is 2110. The summed E-state index contributed by atoms with van der Waals surface area (Å²) in [5.41, 5.74) is 7.09. The predicted molar refractivity (Wildman–Crippen MR) is 191 cm³/mol. The van der Waals surface area contributed by atoms with E-state index in [9.17, 15) is 14.7 Å².